The number of benzene rings is 1. The molecule has 1 aromatic carbocycles. The molecule has 0 saturated carbocycles. The van der Waals surface area contributed by atoms with E-state index in [1.54, 1.807) is 12.1 Å². The van der Waals surface area contributed by atoms with Gasteiger partial charge in [-0.15, -0.1) is 0 Å². The highest BCUT2D eigenvalue weighted by Gasteiger charge is 2.39. The number of hydrogen-bond donors (Lipinski definition) is 1. The van der Waals surface area contributed by atoms with Crippen molar-refractivity contribution in [1.29, 1.82) is 0 Å². The molecule has 2 aliphatic rings. The summed E-state index contributed by atoms with van der Waals surface area (Å²) in [5, 5.41) is 3.70. The van der Waals surface area contributed by atoms with Gasteiger partial charge in [0.1, 0.15) is 12.0 Å². The second-order valence-electron chi connectivity index (χ2n) is 5.44. The van der Waals surface area contributed by atoms with Gasteiger partial charge in [-0.2, -0.15) is 11.8 Å². The van der Waals surface area contributed by atoms with Gasteiger partial charge in [0.25, 0.3) is 0 Å². The van der Waals surface area contributed by atoms with Crippen LogP contribution in [0.2, 0.25) is 0 Å². The van der Waals surface area contributed by atoms with Gasteiger partial charge in [-0.1, -0.05) is 18.2 Å². The van der Waals surface area contributed by atoms with E-state index in [4.69, 9.17) is 0 Å². The first-order chi connectivity index (χ1) is 9.66. The van der Waals surface area contributed by atoms with Crippen LogP contribution in [-0.4, -0.2) is 34.4 Å². The van der Waals surface area contributed by atoms with E-state index in [9.17, 15) is 9.18 Å². The van der Waals surface area contributed by atoms with Crippen LogP contribution in [0.15, 0.2) is 24.3 Å². The van der Waals surface area contributed by atoms with Crippen LogP contribution in [-0.2, 0) is 4.79 Å². The molecule has 3 nitrogen and oxygen atoms in total. The Kier molecular flexibility index (Phi) is 3.98. The van der Waals surface area contributed by atoms with E-state index >= 15 is 0 Å². The summed E-state index contributed by atoms with van der Waals surface area (Å²) < 4.78 is 14.0. The smallest absolute Gasteiger partial charge is 0.241 e. The number of carbonyl (C=O) groups excluding carboxylic acids is 1. The lowest BCUT2D eigenvalue weighted by Crippen LogP contribution is -2.35. The summed E-state index contributed by atoms with van der Waals surface area (Å²) in [7, 11) is 0. The predicted molar refractivity (Wildman–Crippen MR) is 78.9 cm³/mol. The van der Waals surface area contributed by atoms with Crippen molar-refractivity contribution in [2.24, 2.45) is 0 Å². The minimum Gasteiger partial charge on any atom is -0.320 e. The average Bonchev–Trinajstić information content (AvgIpc) is 3.04. The van der Waals surface area contributed by atoms with Crippen molar-refractivity contribution in [1.82, 2.24) is 10.2 Å². The first-order valence-corrected chi connectivity index (χ1v) is 8.14. The molecule has 0 spiro atoms. The summed E-state index contributed by atoms with van der Waals surface area (Å²) in [6.45, 7) is 2.55. The summed E-state index contributed by atoms with van der Waals surface area (Å²) in [6, 6.07) is 6.46. The Morgan fingerprint density at radius 2 is 2.25 bits per heavy atom. The molecule has 2 heterocycles. The average molecular weight is 294 g/mol. The zero-order valence-electron chi connectivity index (χ0n) is 11.5. The number of amides is 1. The van der Waals surface area contributed by atoms with Crippen molar-refractivity contribution in [2.75, 3.05) is 12.3 Å². The van der Waals surface area contributed by atoms with E-state index in [0.717, 1.165) is 6.42 Å². The maximum atomic E-state index is 14.0. The Balaban J connectivity index is 1.84. The normalized spacial score (nSPS) is 30.2. The van der Waals surface area contributed by atoms with Crippen LogP contribution < -0.4 is 5.32 Å². The Bertz CT molecular complexity index is 504. The second kappa shape index (κ2) is 5.74. The monoisotopic (exact) mass is 294 g/mol. The zero-order chi connectivity index (χ0) is 14.1. The molecule has 0 radical (unpaired) electrons. The number of halogens is 1. The molecule has 1 N–H and O–H groups in total. The highest BCUT2D eigenvalue weighted by molar-refractivity contribution is 8.00. The van der Waals surface area contributed by atoms with Crippen LogP contribution in [0.5, 0.6) is 0 Å². The minimum absolute atomic E-state index is 0.0748. The van der Waals surface area contributed by atoms with E-state index in [1.807, 2.05) is 29.7 Å². The first kappa shape index (κ1) is 13.9. The van der Waals surface area contributed by atoms with Gasteiger partial charge in [0, 0.05) is 17.4 Å². The van der Waals surface area contributed by atoms with Gasteiger partial charge >= 0.3 is 0 Å². The summed E-state index contributed by atoms with van der Waals surface area (Å²) in [5.74, 6) is 0.988. The van der Waals surface area contributed by atoms with Crippen LogP contribution >= 0.6 is 11.8 Å². The molecule has 0 bridgehead atoms. The molecule has 0 aromatic heterocycles. The molecule has 2 aliphatic heterocycles. The van der Waals surface area contributed by atoms with Crippen molar-refractivity contribution < 1.29 is 9.18 Å². The largest absolute Gasteiger partial charge is 0.320 e. The third-order valence-corrected chi connectivity index (χ3v) is 5.38. The molecule has 3 unspecified atom stereocenters. The van der Waals surface area contributed by atoms with Crippen molar-refractivity contribution in [2.45, 2.75) is 37.2 Å². The fourth-order valence-corrected chi connectivity index (χ4v) is 4.20. The van der Waals surface area contributed by atoms with Gasteiger partial charge < -0.3 is 4.90 Å². The Labute approximate surface area is 122 Å². The lowest BCUT2D eigenvalue weighted by Gasteiger charge is -2.27. The van der Waals surface area contributed by atoms with E-state index in [0.29, 0.717) is 17.4 Å². The summed E-state index contributed by atoms with van der Waals surface area (Å²) in [6.07, 6.45) is 2.03. The number of nitrogens with zero attached hydrogens (tertiary/aromatic N) is 1. The molecule has 108 valence electrons. The quantitative estimate of drug-likeness (QED) is 0.930. The summed E-state index contributed by atoms with van der Waals surface area (Å²) in [5.41, 5.74) is 0.563. The molecule has 0 aliphatic carbocycles. The third kappa shape index (κ3) is 2.56. The number of nitrogens with one attached hydrogen (secondary N) is 1. The molecular weight excluding hydrogens is 275 g/mol. The SMILES string of the molecule is CC1NC(c2ccccc2F)N(CC2CCCS2)C1=O. The van der Waals surface area contributed by atoms with Crippen molar-refractivity contribution in [3.63, 3.8) is 0 Å². The minimum atomic E-state index is -0.333. The molecule has 3 rings (SSSR count). The number of carbonyl (C=O) groups is 1. The zero-order valence-corrected chi connectivity index (χ0v) is 12.3. The summed E-state index contributed by atoms with van der Waals surface area (Å²) in [4.78, 5) is 14.1. The Hall–Kier alpha value is -1.07. The van der Waals surface area contributed by atoms with Gasteiger partial charge in [0.2, 0.25) is 5.91 Å². The van der Waals surface area contributed by atoms with E-state index in [-0.39, 0.29) is 23.9 Å². The number of rotatable bonds is 3. The molecule has 1 amide bonds. The Morgan fingerprint density at radius 3 is 2.95 bits per heavy atom. The fourth-order valence-electron chi connectivity index (χ4n) is 2.93. The van der Waals surface area contributed by atoms with Gasteiger partial charge in [0.05, 0.1) is 6.04 Å². The maximum Gasteiger partial charge on any atom is 0.241 e. The molecular formula is C15H19FN2OS. The van der Waals surface area contributed by atoms with Crippen LogP contribution in [0, 0.1) is 5.82 Å². The lowest BCUT2D eigenvalue weighted by atomic mass is 10.1. The predicted octanol–water partition coefficient (Wildman–Crippen LogP) is 2.54. The highest BCUT2D eigenvalue weighted by atomic mass is 32.2. The highest BCUT2D eigenvalue weighted by Crippen LogP contribution is 2.32. The van der Waals surface area contributed by atoms with Crippen molar-refractivity contribution in [3.8, 4) is 0 Å². The fraction of sp³-hybridized carbons (Fsp3) is 0.533. The van der Waals surface area contributed by atoms with Crippen LogP contribution in [0.1, 0.15) is 31.5 Å². The lowest BCUT2D eigenvalue weighted by molar-refractivity contribution is -0.129. The van der Waals surface area contributed by atoms with Gasteiger partial charge in [0.15, 0.2) is 0 Å². The molecule has 1 aromatic rings. The van der Waals surface area contributed by atoms with Crippen molar-refractivity contribution >= 4 is 17.7 Å². The first-order valence-electron chi connectivity index (χ1n) is 7.09. The van der Waals surface area contributed by atoms with Crippen molar-refractivity contribution in [3.05, 3.63) is 35.6 Å². The summed E-state index contributed by atoms with van der Waals surface area (Å²) >= 11 is 1.92. The number of hydrogen-bond acceptors (Lipinski definition) is 3. The standard InChI is InChI=1S/C15H19FN2OS/c1-10-15(19)18(9-11-5-4-8-20-11)14(17-10)12-6-2-3-7-13(12)16/h2-3,6-7,10-11,14,17H,4-5,8-9H2,1H3. The number of thioether (sulfide) groups is 1. The second-order valence-corrected chi connectivity index (χ2v) is 6.85. The van der Waals surface area contributed by atoms with Gasteiger partial charge in [-0.25, -0.2) is 4.39 Å². The molecule has 5 heteroatoms. The molecule has 2 saturated heterocycles. The van der Waals surface area contributed by atoms with Crippen LogP contribution in [0.3, 0.4) is 0 Å². The maximum absolute atomic E-state index is 14.0. The van der Waals surface area contributed by atoms with E-state index in [2.05, 4.69) is 5.32 Å². The van der Waals surface area contributed by atoms with Crippen LogP contribution in [0.25, 0.3) is 0 Å². The molecule has 3 atom stereocenters. The van der Waals surface area contributed by atoms with Crippen LogP contribution in [0.4, 0.5) is 4.39 Å². The Morgan fingerprint density at radius 1 is 1.45 bits per heavy atom. The van der Waals surface area contributed by atoms with Gasteiger partial charge in [-0.3, -0.25) is 10.1 Å². The topological polar surface area (TPSA) is 32.3 Å². The van der Waals surface area contributed by atoms with E-state index in [1.165, 1.54) is 18.2 Å². The third-order valence-electron chi connectivity index (χ3n) is 4.00. The van der Waals surface area contributed by atoms with E-state index < -0.39 is 0 Å². The van der Waals surface area contributed by atoms with Gasteiger partial charge in [-0.05, 0) is 31.6 Å². The molecule has 20 heavy (non-hydrogen) atoms. The molecule has 2 fully saturated rings.